The summed E-state index contributed by atoms with van der Waals surface area (Å²) in [5.41, 5.74) is 2.27. The number of benzene rings is 1. The molecule has 2 heterocycles. The highest BCUT2D eigenvalue weighted by Crippen LogP contribution is 2.09. The molecule has 1 N–H and O–H groups in total. The molecule has 0 spiro atoms. The highest BCUT2D eigenvalue weighted by molar-refractivity contribution is 5.97. The van der Waals surface area contributed by atoms with Crippen molar-refractivity contribution in [2.24, 2.45) is 0 Å². The van der Waals surface area contributed by atoms with Gasteiger partial charge in [0.15, 0.2) is 0 Å². The maximum absolute atomic E-state index is 12.4. The summed E-state index contributed by atoms with van der Waals surface area (Å²) >= 11 is 0. The molecule has 1 aromatic heterocycles. The van der Waals surface area contributed by atoms with E-state index in [1.807, 2.05) is 12.1 Å². The largest absolute Gasteiger partial charge is 0.378 e. The minimum atomic E-state index is -0.139. The summed E-state index contributed by atoms with van der Waals surface area (Å²) in [4.78, 5) is 30.3. The number of hydrogen-bond donors (Lipinski definition) is 1. The smallest absolute Gasteiger partial charge is 0.254 e. The predicted molar refractivity (Wildman–Crippen MR) is 93.4 cm³/mol. The summed E-state index contributed by atoms with van der Waals surface area (Å²) in [5.74, 6) is -0.160. The van der Waals surface area contributed by atoms with E-state index in [0.717, 1.165) is 12.0 Å². The van der Waals surface area contributed by atoms with E-state index in [1.54, 1.807) is 41.6 Å². The summed E-state index contributed by atoms with van der Waals surface area (Å²) in [6.45, 7) is 2.91. The summed E-state index contributed by atoms with van der Waals surface area (Å²) in [5, 5.41) is 2.89. The molecular formula is C19H21N3O3. The van der Waals surface area contributed by atoms with Crippen LogP contribution in [0.15, 0.2) is 48.8 Å². The molecule has 0 atom stereocenters. The maximum atomic E-state index is 12.4. The fourth-order valence-corrected chi connectivity index (χ4v) is 2.69. The van der Waals surface area contributed by atoms with Gasteiger partial charge in [-0.3, -0.25) is 14.6 Å². The van der Waals surface area contributed by atoms with E-state index in [2.05, 4.69) is 10.3 Å². The van der Waals surface area contributed by atoms with E-state index in [-0.39, 0.29) is 11.8 Å². The zero-order chi connectivity index (χ0) is 17.5. The van der Waals surface area contributed by atoms with Crippen LogP contribution in [0.3, 0.4) is 0 Å². The molecule has 1 saturated heterocycles. The lowest BCUT2D eigenvalue weighted by atomic mass is 10.1. The van der Waals surface area contributed by atoms with Crippen molar-refractivity contribution in [3.8, 4) is 0 Å². The fourth-order valence-electron chi connectivity index (χ4n) is 2.69. The van der Waals surface area contributed by atoms with E-state index in [9.17, 15) is 9.59 Å². The molecule has 0 aliphatic carbocycles. The average molecular weight is 339 g/mol. The van der Waals surface area contributed by atoms with Crippen LogP contribution in [-0.2, 0) is 11.2 Å². The van der Waals surface area contributed by atoms with Gasteiger partial charge in [-0.15, -0.1) is 0 Å². The minimum Gasteiger partial charge on any atom is -0.378 e. The molecule has 3 rings (SSSR count). The second kappa shape index (κ2) is 8.39. The first-order valence-corrected chi connectivity index (χ1v) is 8.38. The van der Waals surface area contributed by atoms with E-state index in [1.165, 1.54) is 0 Å². The first kappa shape index (κ1) is 17.1. The first-order valence-electron chi connectivity index (χ1n) is 8.38. The number of hydrogen-bond acceptors (Lipinski definition) is 4. The van der Waals surface area contributed by atoms with Gasteiger partial charge in [-0.25, -0.2) is 0 Å². The molecule has 130 valence electrons. The summed E-state index contributed by atoms with van der Waals surface area (Å²) in [6, 6.07) is 10.6. The average Bonchev–Trinajstić information content (AvgIpc) is 2.69. The number of nitrogens with zero attached hydrogens (tertiary/aromatic N) is 2. The molecule has 0 saturated carbocycles. The summed E-state index contributed by atoms with van der Waals surface area (Å²) < 4.78 is 5.26. The standard InChI is InChI=1S/C19H21N3O3/c23-18(21-10-7-15-5-8-20-9-6-15)16-1-3-17(4-2-16)19(24)22-11-13-25-14-12-22/h1-6,8-9H,7,10-14H2,(H,21,23). The fraction of sp³-hybridized carbons (Fsp3) is 0.316. The molecule has 25 heavy (non-hydrogen) atoms. The Morgan fingerprint density at radius 1 is 1.00 bits per heavy atom. The number of carbonyl (C=O) groups is 2. The van der Waals surface area contributed by atoms with Crippen LogP contribution in [0.25, 0.3) is 0 Å². The van der Waals surface area contributed by atoms with Gasteiger partial charge in [0.1, 0.15) is 0 Å². The lowest BCUT2D eigenvalue weighted by Crippen LogP contribution is -2.40. The predicted octanol–water partition coefficient (Wildman–Crippen LogP) is 1.53. The lowest BCUT2D eigenvalue weighted by molar-refractivity contribution is 0.0303. The van der Waals surface area contributed by atoms with Crippen molar-refractivity contribution in [3.05, 3.63) is 65.5 Å². The van der Waals surface area contributed by atoms with Crippen molar-refractivity contribution in [2.75, 3.05) is 32.8 Å². The Balaban J connectivity index is 1.52. The van der Waals surface area contributed by atoms with Gasteiger partial charge in [-0.05, 0) is 48.4 Å². The molecule has 2 aromatic rings. The van der Waals surface area contributed by atoms with Gasteiger partial charge in [0, 0.05) is 43.2 Å². The number of ether oxygens (including phenoxy) is 1. The second-order valence-electron chi connectivity index (χ2n) is 5.84. The molecule has 0 radical (unpaired) electrons. The molecule has 1 aliphatic rings. The van der Waals surface area contributed by atoms with Crippen LogP contribution >= 0.6 is 0 Å². The number of rotatable bonds is 5. The van der Waals surface area contributed by atoms with Crippen LogP contribution in [0.5, 0.6) is 0 Å². The molecule has 0 unspecified atom stereocenters. The van der Waals surface area contributed by atoms with Crippen molar-refractivity contribution in [1.82, 2.24) is 15.2 Å². The Hall–Kier alpha value is -2.73. The number of carbonyl (C=O) groups excluding carboxylic acids is 2. The van der Waals surface area contributed by atoms with Gasteiger partial charge < -0.3 is 15.0 Å². The summed E-state index contributed by atoms with van der Waals surface area (Å²) in [7, 11) is 0. The van der Waals surface area contributed by atoms with Crippen LogP contribution in [0.1, 0.15) is 26.3 Å². The van der Waals surface area contributed by atoms with Gasteiger partial charge in [-0.2, -0.15) is 0 Å². The van der Waals surface area contributed by atoms with Crippen molar-refractivity contribution in [2.45, 2.75) is 6.42 Å². The Morgan fingerprint density at radius 3 is 2.32 bits per heavy atom. The maximum Gasteiger partial charge on any atom is 0.254 e. The van der Waals surface area contributed by atoms with E-state index in [4.69, 9.17) is 4.74 Å². The van der Waals surface area contributed by atoms with Crippen LogP contribution in [0, 0.1) is 0 Å². The number of amides is 2. The normalized spacial score (nSPS) is 14.2. The van der Waals surface area contributed by atoms with Crippen molar-refractivity contribution < 1.29 is 14.3 Å². The number of pyridine rings is 1. The zero-order valence-electron chi connectivity index (χ0n) is 14.0. The number of aromatic nitrogens is 1. The van der Waals surface area contributed by atoms with Crippen molar-refractivity contribution in [1.29, 1.82) is 0 Å². The SMILES string of the molecule is O=C(NCCc1ccncc1)c1ccc(C(=O)N2CCOCC2)cc1. The second-order valence-corrected chi connectivity index (χ2v) is 5.84. The Bertz CT molecular complexity index is 710. The Kier molecular flexibility index (Phi) is 5.74. The van der Waals surface area contributed by atoms with Crippen molar-refractivity contribution >= 4 is 11.8 Å². The molecule has 6 nitrogen and oxygen atoms in total. The van der Waals surface area contributed by atoms with Crippen molar-refractivity contribution in [3.63, 3.8) is 0 Å². The van der Waals surface area contributed by atoms with E-state index in [0.29, 0.717) is 44.0 Å². The summed E-state index contributed by atoms with van der Waals surface area (Å²) in [6.07, 6.45) is 4.23. The third-order valence-corrected chi connectivity index (χ3v) is 4.14. The zero-order valence-corrected chi connectivity index (χ0v) is 14.0. The topological polar surface area (TPSA) is 71.5 Å². The van der Waals surface area contributed by atoms with Crippen LogP contribution < -0.4 is 5.32 Å². The highest BCUT2D eigenvalue weighted by Gasteiger charge is 2.18. The molecule has 1 fully saturated rings. The molecule has 6 heteroatoms. The number of nitrogens with one attached hydrogen (secondary N) is 1. The van der Waals surface area contributed by atoms with E-state index >= 15 is 0 Å². The van der Waals surface area contributed by atoms with Gasteiger partial charge in [-0.1, -0.05) is 0 Å². The van der Waals surface area contributed by atoms with Gasteiger partial charge >= 0.3 is 0 Å². The number of morpholine rings is 1. The van der Waals surface area contributed by atoms with Gasteiger partial charge in [0.25, 0.3) is 11.8 Å². The molecule has 1 aliphatic heterocycles. The van der Waals surface area contributed by atoms with E-state index < -0.39 is 0 Å². The van der Waals surface area contributed by atoms with Crippen LogP contribution in [0.2, 0.25) is 0 Å². The van der Waals surface area contributed by atoms with Crippen LogP contribution in [-0.4, -0.2) is 54.5 Å². The molecule has 1 aromatic carbocycles. The monoisotopic (exact) mass is 339 g/mol. The Morgan fingerprint density at radius 2 is 1.64 bits per heavy atom. The quantitative estimate of drug-likeness (QED) is 0.897. The minimum absolute atomic E-state index is 0.0204. The van der Waals surface area contributed by atoms with Crippen LogP contribution in [0.4, 0.5) is 0 Å². The molecule has 2 amide bonds. The lowest BCUT2D eigenvalue weighted by Gasteiger charge is -2.26. The Labute approximate surface area is 146 Å². The first-order chi connectivity index (χ1) is 12.2. The molecule has 0 bridgehead atoms. The third kappa shape index (κ3) is 4.64. The molecular weight excluding hydrogens is 318 g/mol. The third-order valence-electron chi connectivity index (χ3n) is 4.14. The van der Waals surface area contributed by atoms with Gasteiger partial charge in [0.2, 0.25) is 0 Å². The van der Waals surface area contributed by atoms with Gasteiger partial charge in [0.05, 0.1) is 13.2 Å². The highest BCUT2D eigenvalue weighted by atomic mass is 16.5.